The molecule has 1 amide bonds. The lowest BCUT2D eigenvalue weighted by atomic mass is 9.51. The number of benzene rings is 1. The molecule has 0 spiro atoms. The van der Waals surface area contributed by atoms with Crippen molar-refractivity contribution in [2.75, 3.05) is 18.4 Å². The fourth-order valence-corrected chi connectivity index (χ4v) is 5.88. The standard InChI is InChI=1S/C20H25N3O/c24-20(18-15-8-12-7-13(10-15)11-16(18)9-12)23-17-3-1-14(2-4-17)19-21-5-6-22-19/h1-4,12-13,15-16,18H,5-11H2,(H,21,22)(H,23,24). The van der Waals surface area contributed by atoms with Crippen LogP contribution in [0.25, 0.3) is 0 Å². The molecule has 4 nitrogen and oxygen atoms in total. The molecule has 1 aliphatic heterocycles. The Labute approximate surface area is 143 Å². The highest BCUT2D eigenvalue weighted by molar-refractivity contribution is 6.00. The molecule has 4 saturated carbocycles. The SMILES string of the molecule is O=C(Nc1ccc(C2=NCCN2)cc1)C1C2CC3CC(C2)CC1C3. The van der Waals surface area contributed by atoms with Gasteiger partial charge in [-0.25, -0.2) is 0 Å². The van der Waals surface area contributed by atoms with Crippen LogP contribution < -0.4 is 10.6 Å². The Morgan fingerprint density at radius 3 is 2.25 bits per heavy atom. The molecule has 4 fully saturated rings. The summed E-state index contributed by atoms with van der Waals surface area (Å²) in [7, 11) is 0. The van der Waals surface area contributed by atoms with E-state index in [0.29, 0.717) is 11.8 Å². The summed E-state index contributed by atoms with van der Waals surface area (Å²) in [5.74, 6) is 4.57. The lowest BCUT2D eigenvalue weighted by Crippen LogP contribution is -2.49. The first-order valence-electron chi connectivity index (χ1n) is 9.46. The van der Waals surface area contributed by atoms with Crippen LogP contribution in [0.3, 0.4) is 0 Å². The fourth-order valence-electron chi connectivity index (χ4n) is 5.88. The zero-order valence-electron chi connectivity index (χ0n) is 14.0. The number of aliphatic imine (C=N–C) groups is 1. The summed E-state index contributed by atoms with van der Waals surface area (Å²) in [5.41, 5.74) is 2.01. The molecule has 126 valence electrons. The van der Waals surface area contributed by atoms with Gasteiger partial charge in [0.1, 0.15) is 5.84 Å². The predicted molar refractivity (Wildman–Crippen MR) is 95.0 cm³/mol. The lowest BCUT2D eigenvalue weighted by Gasteiger charge is -2.53. The van der Waals surface area contributed by atoms with E-state index in [1.165, 1.54) is 32.1 Å². The average molecular weight is 323 g/mol. The first kappa shape index (κ1) is 14.5. The summed E-state index contributed by atoms with van der Waals surface area (Å²) in [6.45, 7) is 1.76. The van der Waals surface area contributed by atoms with Crippen molar-refractivity contribution in [3.05, 3.63) is 29.8 Å². The molecular formula is C20H25N3O. The molecule has 1 aromatic carbocycles. The summed E-state index contributed by atoms with van der Waals surface area (Å²) in [5, 5.41) is 6.47. The van der Waals surface area contributed by atoms with Crippen molar-refractivity contribution in [1.82, 2.24) is 5.32 Å². The Kier molecular flexibility index (Phi) is 3.39. The Hall–Kier alpha value is -1.84. The number of rotatable bonds is 3. The number of hydrogen-bond acceptors (Lipinski definition) is 3. The highest BCUT2D eigenvalue weighted by Crippen LogP contribution is 2.56. The molecule has 0 radical (unpaired) electrons. The maximum atomic E-state index is 12.9. The van der Waals surface area contributed by atoms with Crippen LogP contribution in [-0.4, -0.2) is 24.8 Å². The first-order chi connectivity index (χ1) is 11.8. The lowest BCUT2D eigenvalue weighted by molar-refractivity contribution is -0.132. The third kappa shape index (κ3) is 2.43. The van der Waals surface area contributed by atoms with Crippen LogP contribution >= 0.6 is 0 Å². The summed E-state index contributed by atoms with van der Waals surface area (Å²) in [4.78, 5) is 17.3. The molecular weight excluding hydrogens is 298 g/mol. The molecule has 1 heterocycles. The van der Waals surface area contributed by atoms with Crippen LogP contribution in [0.4, 0.5) is 5.69 Å². The maximum Gasteiger partial charge on any atom is 0.228 e. The van der Waals surface area contributed by atoms with Crippen LogP contribution in [0, 0.1) is 29.6 Å². The zero-order valence-corrected chi connectivity index (χ0v) is 14.0. The second-order valence-electron chi connectivity index (χ2n) is 8.18. The van der Waals surface area contributed by atoms with Gasteiger partial charge in [0.25, 0.3) is 0 Å². The molecule has 2 N–H and O–H groups in total. The molecule has 4 bridgehead atoms. The maximum absolute atomic E-state index is 12.9. The average Bonchev–Trinajstić information content (AvgIpc) is 3.09. The Bertz CT molecular complexity index is 651. The molecule has 0 unspecified atom stereocenters. The first-order valence-corrected chi connectivity index (χ1v) is 9.46. The van der Waals surface area contributed by atoms with Gasteiger partial charge in [-0.2, -0.15) is 0 Å². The number of hydrogen-bond donors (Lipinski definition) is 2. The van der Waals surface area contributed by atoms with Gasteiger partial charge in [0.15, 0.2) is 0 Å². The van der Waals surface area contributed by atoms with E-state index in [2.05, 4.69) is 15.6 Å². The van der Waals surface area contributed by atoms with Crippen LogP contribution in [0.1, 0.15) is 37.7 Å². The Balaban J connectivity index is 1.28. The molecule has 0 atom stereocenters. The number of amidine groups is 1. The highest BCUT2D eigenvalue weighted by Gasteiger charge is 2.50. The van der Waals surface area contributed by atoms with Gasteiger partial charge >= 0.3 is 0 Å². The zero-order chi connectivity index (χ0) is 16.1. The van der Waals surface area contributed by atoms with E-state index in [1.54, 1.807) is 0 Å². The molecule has 1 aromatic rings. The van der Waals surface area contributed by atoms with Crippen molar-refractivity contribution in [2.45, 2.75) is 32.1 Å². The number of anilines is 1. The van der Waals surface area contributed by atoms with Crippen LogP contribution in [0.5, 0.6) is 0 Å². The largest absolute Gasteiger partial charge is 0.368 e. The number of carbonyl (C=O) groups is 1. The normalized spacial score (nSPS) is 36.3. The van der Waals surface area contributed by atoms with Gasteiger partial charge in [-0.3, -0.25) is 9.79 Å². The van der Waals surface area contributed by atoms with Gasteiger partial charge in [-0.15, -0.1) is 0 Å². The smallest absolute Gasteiger partial charge is 0.228 e. The van der Waals surface area contributed by atoms with Crippen molar-refractivity contribution in [3.8, 4) is 0 Å². The van der Waals surface area contributed by atoms with E-state index < -0.39 is 0 Å². The second-order valence-corrected chi connectivity index (χ2v) is 8.18. The van der Waals surface area contributed by atoms with Crippen LogP contribution in [0.15, 0.2) is 29.3 Å². The van der Waals surface area contributed by atoms with E-state index in [0.717, 1.165) is 42.0 Å². The molecule has 0 aromatic heterocycles. The minimum atomic E-state index is 0.248. The van der Waals surface area contributed by atoms with Gasteiger partial charge in [-0.05, 0) is 80.0 Å². The Morgan fingerprint density at radius 2 is 1.67 bits per heavy atom. The van der Waals surface area contributed by atoms with Gasteiger partial charge in [0.05, 0.1) is 6.54 Å². The molecule has 4 aliphatic carbocycles. The molecule has 4 heteroatoms. The fraction of sp³-hybridized carbons (Fsp3) is 0.600. The third-order valence-corrected chi connectivity index (χ3v) is 6.63. The summed E-state index contributed by atoms with van der Waals surface area (Å²) in [6, 6.07) is 8.10. The van der Waals surface area contributed by atoms with Crippen molar-refractivity contribution in [3.63, 3.8) is 0 Å². The van der Waals surface area contributed by atoms with E-state index in [1.807, 2.05) is 24.3 Å². The van der Waals surface area contributed by atoms with E-state index in [-0.39, 0.29) is 11.8 Å². The van der Waals surface area contributed by atoms with Crippen LogP contribution in [-0.2, 0) is 4.79 Å². The van der Waals surface area contributed by atoms with E-state index in [9.17, 15) is 4.79 Å². The number of carbonyl (C=O) groups excluding carboxylic acids is 1. The van der Waals surface area contributed by atoms with Gasteiger partial charge in [0.2, 0.25) is 5.91 Å². The van der Waals surface area contributed by atoms with E-state index >= 15 is 0 Å². The molecule has 5 aliphatic rings. The van der Waals surface area contributed by atoms with Crippen molar-refractivity contribution in [1.29, 1.82) is 0 Å². The van der Waals surface area contributed by atoms with Crippen molar-refractivity contribution >= 4 is 17.4 Å². The Morgan fingerprint density at radius 1 is 1.00 bits per heavy atom. The summed E-state index contributed by atoms with van der Waals surface area (Å²) < 4.78 is 0. The number of amides is 1. The second kappa shape index (κ2) is 5.61. The molecule has 0 saturated heterocycles. The van der Waals surface area contributed by atoms with Crippen LogP contribution in [0.2, 0.25) is 0 Å². The molecule has 24 heavy (non-hydrogen) atoms. The third-order valence-electron chi connectivity index (χ3n) is 6.63. The number of nitrogens with one attached hydrogen (secondary N) is 2. The van der Waals surface area contributed by atoms with Crippen molar-refractivity contribution < 1.29 is 4.79 Å². The molecule has 6 rings (SSSR count). The van der Waals surface area contributed by atoms with E-state index in [4.69, 9.17) is 0 Å². The summed E-state index contributed by atoms with van der Waals surface area (Å²) >= 11 is 0. The van der Waals surface area contributed by atoms with Gasteiger partial charge in [-0.1, -0.05) is 0 Å². The monoisotopic (exact) mass is 323 g/mol. The van der Waals surface area contributed by atoms with Gasteiger partial charge in [0, 0.05) is 23.7 Å². The summed E-state index contributed by atoms with van der Waals surface area (Å²) in [6.07, 6.45) is 6.58. The number of nitrogens with zero attached hydrogens (tertiary/aromatic N) is 1. The topological polar surface area (TPSA) is 53.5 Å². The van der Waals surface area contributed by atoms with Gasteiger partial charge < -0.3 is 10.6 Å². The van der Waals surface area contributed by atoms with Crippen molar-refractivity contribution in [2.24, 2.45) is 34.6 Å². The highest BCUT2D eigenvalue weighted by atomic mass is 16.1. The predicted octanol–water partition coefficient (Wildman–Crippen LogP) is 3.05. The quantitative estimate of drug-likeness (QED) is 0.898. The minimum absolute atomic E-state index is 0.248. The minimum Gasteiger partial charge on any atom is -0.368 e.